The molecule has 0 bridgehead atoms. The molecule has 2 nitrogen and oxygen atoms in total. The topological polar surface area (TPSA) is 35.2 Å². The van der Waals surface area contributed by atoms with E-state index >= 15 is 0 Å². The molecule has 0 fully saturated rings. The van der Waals surface area contributed by atoms with Gasteiger partial charge in [0.15, 0.2) is 0 Å². The van der Waals surface area contributed by atoms with E-state index in [1.54, 1.807) is 7.11 Å². The lowest BCUT2D eigenvalue weighted by molar-refractivity contribution is 0.413. The quantitative estimate of drug-likeness (QED) is 0.801. The lowest BCUT2D eigenvalue weighted by Gasteiger charge is -2.19. The summed E-state index contributed by atoms with van der Waals surface area (Å²) < 4.78 is 5.35. The van der Waals surface area contributed by atoms with Gasteiger partial charge in [-0.05, 0) is 30.9 Å². The monoisotopic (exact) mass is 203 g/mol. The van der Waals surface area contributed by atoms with Crippen molar-refractivity contribution >= 4 is 5.57 Å². The summed E-state index contributed by atoms with van der Waals surface area (Å²) in [4.78, 5) is 0. The molecule has 0 saturated heterocycles. The second-order valence-electron chi connectivity index (χ2n) is 3.95. The summed E-state index contributed by atoms with van der Waals surface area (Å²) in [6, 6.07) is 8.34. The van der Waals surface area contributed by atoms with Gasteiger partial charge in [0.2, 0.25) is 0 Å². The number of para-hydroxylation sites is 1. The summed E-state index contributed by atoms with van der Waals surface area (Å²) in [5.74, 6) is 0.942. The minimum absolute atomic E-state index is 0.207. The van der Waals surface area contributed by atoms with Gasteiger partial charge in [0, 0.05) is 11.6 Å². The Morgan fingerprint density at radius 2 is 2.13 bits per heavy atom. The molecule has 0 radical (unpaired) electrons. The van der Waals surface area contributed by atoms with Crippen LogP contribution in [-0.2, 0) is 0 Å². The zero-order valence-corrected chi connectivity index (χ0v) is 9.07. The molecule has 1 aliphatic rings. The van der Waals surface area contributed by atoms with E-state index in [9.17, 15) is 0 Å². The molecule has 80 valence electrons. The first kappa shape index (κ1) is 10.2. The Morgan fingerprint density at radius 1 is 1.33 bits per heavy atom. The number of nitrogens with two attached hydrogens (primary N) is 1. The summed E-state index contributed by atoms with van der Waals surface area (Å²) in [5.41, 5.74) is 8.45. The van der Waals surface area contributed by atoms with E-state index in [0.717, 1.165) is 18.6 Å². The number of ether oxygens (including phenoxy) is 1. The zero-order chi connectivity index (χ0) is 10.7. The van der Waals surface area contributed by atoms with Gasteiger partial charge in [0.25, 0.3) is 0 Å². The molecule has 2 rings (SSSR count). The van der Waals surface area contributed by atoms with Crippen LogP contribution in [0.1, 0.15) is 24.8 Å². The highest BCUT2D eigenvalue weighted by Gasteiger charge is 2.13. The summed E-state index contributed by atoms with van der Waals surface area (Å²) in [6.45, 7) is 0. The molecule has 1 aliphatic carbocycles. The second kappa shape index (κ2) is 4.49. The van der Waals surface area contributed by atoms with Crippen LogP contribution < -0.4 is 10.5 Å². The van der Waals surface area contributed by atoms with E-state index in [-0.39, 0.29) is 6.04 Å². The third kappa shape index (κ3) is 2.21. The van der Waals surface area contributed by atoms with Gasteiger partial charge in [-0.2, -0.15) is 0 Å². The van der Waals surface area contributed by atoms with Crippen molar-refractivity contribution in [3.8, 4) is 5.75 Å². The van der Waals surface area contributed by atoms with E-state index in [2.05, 4.69) is 12.1 Å². The molecule has 0 spiro atoms. The van der Waals surface area contributed by atoms with Crippen molar-refractivity contribution in [1.82, 2.24) is 0 Å². The summed E-state index contributed by atoms with van der Waals surface area (Å²) in [5, 5.41) is 0. The maximum absolute atomic E-state index is 5.94. The standard InChI is InChI=1S/C13H17NO/c1-15-13-8-3-2-7-12(13)10-5-4-6-11(14)9-10/h2-3,7-9,11H,4-6,14H2,1H3. The third-order valence-electron chi connectivity index (χ3n) is 2.85. The van der Waals surface area contributed by atoms with Crippen LogP contribution in [0.2, 0.25) is 0 Å². The maximum atomic E-state index is 5.94. The second-order valence-corrected chi connectivity index (χ2v) is 3.95. The number of allylic oxidation sites excluding steroid dienone is 1. The lowest BCUT2D eigenvalue weighted by atomic mass is 9.91. The Hall–Kier alpha value is -1.28. The Kier molecular flexibility index (Phi) is 3.07. The number of rotatable bonds is 2. The van der Waals surface area contributed by atoms with Gasteiger partial charge < -0.3 is 10.5 Å². The van der Waals surface area contributed by atoms with Crippen molar-refractivity contribution in [2.75, 3.05) is 7.11 Å². The number of benzene rings is 1. The lowest BCUT2D eigenvalue weighted by Crippen LogP contribution is -2.20. The molecular formula is C13H17NO. The largest absolute Gasteiger partial charge is 0.496 e. The number of methoxy groups -OCH3 is 1. The van der Waals surface area contributed by atoms with E-state index < -0.39 is 0 Å². The zero-order valence-electron chi connectivity index (χ0n) is 9.07. The highest BCUT2D eigenvalue weighted by atomic mass is 16.5. The van der Waals surface area contributed by atoms with E-state index in [4.69, 9.17) is 10.5 Å². The van der Waals surface area contributed by atoms with Crippen LogP contribution in [0.25, 0.3) is 5.57 Å². The predicted octanol–water partition coefficient (Wildman–Crippen LogP) is 2.59. The van der Waals surface area contributed by atoms with Crippen molar-refractivity contribution < 1.29 is 4.74 Å². The normalized spacial score (nSPS) is 20.9. The van der Waals surface area contributed by atoms with Gasteiger partial charge in [0.1, 0.15) is 5.75 Å². The first-order valence-corrected chi connectivity index (χ1v) is 5.41. The van der Waals surface area contributed by atoms with Crippen molar-refractivity contribution in [2.45, 2.75) is 25.3 Å². The van der Waals surface area contributed by atoms with Gasteiger partial charge in [-0.3, -0.25) is 0 Å². The first-order valence-electron chi connectivity index (χ1n) is 5.41. The molecule has 1 atom stereocenters. The molecule has 0 saturated carbocycles. The smallest absolute Gasteiger partial charge is 0.126 e. The van der Waals surface area contributed by atoms with Gasteiger partial charge in [-0.25, -0.2) is 0 Å². The molecule has 0 aliphatic heterocycles. The average molecular weight is 203 g/mol. The molecule has 0 aromatic heterocycles. The Labute approximate surface area is 90.7 Å². The molecule has 1 aromatic rings. The summed E-state index contributed by atoms with van der Waals surface area (Å²) in [7, 11) is 1.71. The van der Waals surface area contributed by atoms with Crippen LogP contribution in [0.4, 0.5) is 0 Å². The van der Waals surface area contributed by atoms with E-state index in [0.29, 0.717) is 0 Å². The highest BCUT2D eigenvalue weighted by molar-refractivity contribution is 5.71. The summed E-state index contributed by atoms with van der Waals surface area (Å²) >= 11 is 0. The Bertz CT molecular complexity index is 371. The maximum Gasteiger partial charge on any atom is 0.126 e. The number of hydrogen-bond donors (Lipinski definition) is 1. The van der Waals surface area contributed by atoms with Crippen LogP contribution in [0.3, 0.4) is 0 Å². The van der Waals surface area contributed by atoms with Gasteiger partial charge in [0.05, 0.1) is 7.11 Å². The van der Waals surface area contributed by atoms with Crippen LogP contribution in [0, 0.1) is 0 Å². The van der Waals surface area contributed by atoms with Crippen molar-refractivity contribution in [1.29, 1.82) is 0 Å². The molecule has 0 heterocycles. The van der Waals surface area contributed by atoms with Crippen molar-refractivity contribution in [3.05, 3.63) is 35.9 Å². The van der Waals surface area contributed by atoms with Crippen LogP contribution >= 0.6 is 0 Å². The van der Waals surface area contributed by atoms with Crippen molar-refractivity contribution in [2.24, 2.45) is 5.73 Å². The SMILES string of the molecule is COc1ccccc1C1=CC(N)CCC1. The molecule has 1 unspecified atom stereocenters. The highest BCUT2D eigenvalue weighted by Crippen LogP contribution is 2.32. The molecule has 1 aromatic carbocycles. The van der Waals surface area contributed by atoms with Crippen LogP contribution in [0.15, 0.2) is 30.3 Å². The fraction of sp³-hybridized carbons (Fsp3) is 0.385. The average Bonchev–Trinajstić information content (AvgIpc) is 2.29. The van der Waals surface area contributed by atoms with Crippen LogP contribution in [-0.4, -0.2) is 13.2 Å². The van der Waals surface area contributed by atoms with Gasteiger partial charge in [-0.1, -0.05) is 24.3 Å². The van der Waals surface area contributed by atoms with Gasteiger partial charge >= 0.3 is 0 Å². The third-order valence-corrected chi connectivity index (χ3v) is 2.85. The minimum Gasteiger partial charge on any atom is -0.496 e. The van der Waals surface area contributed by atoms with E-state index in [1.165, 1.54) is 17.6 Å². The minimum atomic E-state index is 0.207. The number of hydrogen-bond acceptors (Lipinski definition) is 2. The van der Waals surface area contributed by atoms with Gasteiger partial charge in [-0.15, -0.1) is 0 Å². The van der Waals surface area contributed by atoms with Crippen LogP contribution in [0.5, 0.6) is 5.75 Å². The Morgan fingerprint density at radius 3 is 2.87 bits per heavy atom. The molecule has 15 heavy (non-hydrogen) atoms. The fourth-order valence-corrected chi connectivity index (χ4v) is 2.09. The molecule has 0 amide bonds. The fourth-order valence-electron chi connectivity index (χ4n) is 2.09. The molecule has 2 N–H and O–H groups in total. The predicted molar refractivity (Wildman–Crippen MR) is 62.8 cm³/mol. The summed E-state index contributed by atoms with van der Waals surface area (Å²) in [6.07, 6.45) is 5.54. The molecular weight excluding hydrogens is 186 g/mol. The first-order chi connectivity index (χ1) is 7.31. The Balaban J connectivity index is 2.36. The van der Waals surface area contributed by atoms with Crippen molar-refractivity contribution in [3.63, 3.8) is 0 Å². The van der Waals surface area contributed by atoms with E-state index in [1.807, 2.05) is 18.2 Å². The molecule has 2 heteroatoms.